The lowest BCUT2D eigenvalue weighted by Gasteiger charge is -2.23. The van der Waals surface area contributed by atoms with E-state index in [-0.39, 0.29) is 0 Å². The summed E-state index contributed by atoms with van der Waals surface area (Å²) in [7, 11) is 0. The largest absolute Gasteiger partial charge is 0.356 e. The minimum absolute atomic E-state index is 0.767. The molecular formula is C17H24N6. The minimum atomic E-state index is 0.767. The van der Waals surface area contributed by atoms with Crippen LogP contribution in [0.2, 0.25) is 0 Å². The maximum absolute atomic E-state index is 4.47. The lowest BCUT2D eigenvalue weighted by molar-refractivity contribution is 0.296. The Morgan fingerprint density at radius 2 is 1.83 bits per heavy atom. The van der Waals surface area contributed by atoms with E-state index in [1.165, 1.54) is 24.2 Å². The van der Waals surface area contributed by atoms with Gasteiger partial charge in [-0.15, -0.1) is 0 Å². The van der Waals surface area contributed by atoms with Gasteiger partial charge in [0.15, 0.2) is 0 Å². The van der Waals surface area contributed by atoms with Crippen molar-refractivity contribution in [3.05, 3.63) is 36.0 Å². The molecule has 2 fully saturated rings. The number of aryl methyl sites for hydroxylation is 2. The predicted molar refractivity (Wildman–Crippen MR) is 89.4 cm³/mol. The molecule has 6 heteroatoms. The molecule has 2 atom stereocenters. The average molecular weight is 312 g/mol. The van der Waals surface area contributed by atoms with Gasteiger partial charge in [0.2, 0.25) is 0 Å². The molecule has 0 spiro atoms. The van der Waals surface area contributed by atoms with E-state index in [0.29, 0.717) is 0 Å². The van der Waals surface area contributed by atoms with Crippen molar-refractivity contribution >= 4 is 5.82 Å². The van der Waals surface area contributed by atoms with E-state index in [9.17, 15) is 0 Å². The van der Waals surface area contributed by atoms with E-state index in [1.807, 2.05) is 12.4 Å². The summed E-state index contributed by atoms with van der Waals surface area (Å²) in [5, 5.41) is 4.38. The molecular weight excluding hydrogens is 288 g/mol. The molecule has 2 saturated heterocycles. The summed E-state index contributed by atoms with van der Waals surface area (Å²) in [4.78, 5) is 13.6. The van der Waals surface area contributed by atoms with Gasteiger partial charge in [-0.1, -0.05) is 0 Å². The normalized spacial score (nSPS) is 24.3. The number of aromatic nitrogens is 4. The number of hydrogen-bond acceptors (Lipinski definition) is 5. The Labute approximate surface area is 137 Å². The van der Waals surface area contributed by atoms with Gasteiger partial charge in [0, 0.05) is 50.7 Å². The Morgan fingerprint density at radius 1 is 1.04 bits per heavy atom. The van der Waals surface area contributed by atoms with Gasteiger partial charge in [-0.2, -0.15) is 5.10 Å². The monoisotopic (exact) mass is 312 g/mol. The van der Waals surface area contributed by atoms with Crippen LogP contribution in [0.25, 0.3) is 0 Å². The summed E-state index contributed by atoms with van der Waals surface area (Å²) >= 11 is 0. The first kappa shape index (κ1) is 14.6. The van der Waals surface area contributed by atoms with Crippen LogP contribution in [0.5, 0.6) is 0 Å². The number of likely N-dealkylation sites (tertiary alicyclic amines) is 1. The smallest absolute Gasteiger partial charge is 0.134 e. The molecule has 122 valence electrons. The minimum Gasteiger partial charge on any atom is -0.356 e. The number of nitrogens with zero attached hydrogens (tertiary/aromatic N) is 6. The van der Waals surface area contributed by atoms with Crippen LogP contribution in [0.3, 0.4) is 0 Å². The molecule has 0 N–H and O–H groups in total. The molecule has 2 aliphatic rings. The Hall–Kier alpha value is -1.95. The summed E-state index contributed by atoms with van der Waals surface area (Å²) in [6.07, 6.45) is 7.63. The van der Waals surface area contributed by atoms with E-state index in [0.717, 1.165) is 43.8 Å². The van der Waals surface area contributed by atoms with E-state index in [2.05, 4.69) is 49.6 Å². The molecule has 6 nitrogen and oxygen atoms in total. The maximum Gasteiger partial charge on any atom is 0.134 e. The van der Waals surface area contributed by atoms with Crippen molar-refractivity contribution in [3.8, 4) is 0 Å². The number of rotatable bonds is 4. The van der Waals surface area contributed by atoms with Crippen LogP contribution < -0.4 is 4.90 Å². The van der Waals surface area contributed by atoms with Gasteiger partial charge in [0.1, 0.15) is 12.1 Å². The molecule has 23 heavy (non-hydrogen) atoms. The highest BCUT2D eigenvalue weighted by atomic mass is 15.3. The van der Waals surface area contributed by atoms with Crippen molar-refractivity contribution in [3.63, 3.8) is 0 Å². The van der Waals surface area contributed by atoms with Crippen LogP contribution >= 0.6 is 0 Å². The molecule has 2 aromatic rings. The molecule has 0 amide bonds. The van der Waals surface area contributed by atoms with Gasteiger partial charge in [-0.25, -0.2) is 9.97 Å². The number of fused-ring (bicyclic) bond motifs is 1. The summed E-state index contributed by atoms with van der Waals surface area (Å²) in [6.45, 7) is 10.9. The Bertz CT molecular complexity index is 667. The van der Waals surface area contributed by atoms with Crippen LogP contribution in [0, 0.1) is 25.7 Å². The third-order valence-electron chi connectivity index (χ3n) is 5.14. The first-order valence-corrected chi connectivity index (χ1v) is 8.42. The van der Waals surface area contributed by atoms with Crippen LogP contribution in [-0.4, -0.2) is 57.4 Å². The van der Waals surface area contributed by atoms with Gasteiger partial charge in [0.25, 0.3) is 0 Å². The summed E-state index contributed by atoms with van der Waals surface area (Å²) in [5.41, 5.74) is 2.41. The molecule has 0 bridgehead atoms. The summed E-state index contributed by atoms with van der Waals surface area (Å²) in [6, 6.07) is 0. The highest BCUT2D eigenvalue weighted by molar-refractivity contribution is 5.46. The first-order chi connectivity index (χ1) is 11.2. The van der Waals surface area contributed by atoms with Crippen molar-refractivity contribution in [2.24, 2.45) is 11.8 Å². The number of anilines is 1. The topological polar surface area (TPSA) is 50.1 Å². The van der Waals surface area contributed by atoms with Crippen molar-refractivity contribution in [2.75, 3.05) is 37.6 Å². The van der Waals surface area contributed by atoms with Crippen molar-refractivity contribution in [2.45, 2.75) is 20.4 Å². The second-order valence-corrected chi connectivity index (χ2v) is 6.99. The van der Waals surface area contributed by atoms with Gasteiger partial charge < -0.3 is 9.80 Å². The SMILES string of the molecule is Cc1cnn(CCN2CC3CN(c4ncncc4C)CC3C2)c1. The fourth-order valence-electron chi connectivity index (χ4n) is 4.00. The Morgan fingerprint density at radius 3 is 2.48 bits per heavy atom. The maximum atomic E-state index is 4.47. The Kier molecular flexibility index (Phi) is 3.77. The van der Waals surface area contributed by atoms with Crippen molar-refractivity contribution in [1.82, 2.24) is 24.6 Å². The lowest BCUT2D eigenvalue weighted by atomic mass is 10.0. The van der Waals surface area contributed by atoms with Gasteiger partial charge in [-0.3, -0.25) is 4.68 Å². The number of hydrogen-bond donors (Lipinski definition) is 0. The quantitative estimate of drug-likeness (QED) is 0.853. The molecule has 2 aliphatic heterocycles. The van der Waals surface area contributed by atoms with Gasteiger partial charge in [0.05, 0.1) is 12.7 Å². The van der Waals surface area contributed by atoms with Gasteiger partial charge >= 0.3 is 0 Å². The molecule has 0 radical (unpaired) electrons. The summed E-state index contributed by atoms with van der Waals surface area (Å²) in [5.74, 6) is 2.65. The first-order valence-electron chi connectivity index (χ1n) is 8.42. The third kappa shape index (κ3) is 2.95. The molecule has 0 aromatic carbocycles. The average Bonchev–Trinajstić information content (AvgIpc) is 3.20. The standard InChI is InChI=1S/C17H24N6/c1-13-5-20-23(7-13)4-3-21-8-15-10-22(11-16(15)9-21)17-14(2)6-18-12-19-17/h5-7,12,15-16H,3-4,8-11H2,1-2H3. The Balaban J connectivity index is 1.32. The molecule has 4 rings (SSSR count). The molecule has 4 heterocycles. The van der Waals surface area contributed by atoms with E-state index in [4.69, 9.17) is 0 Å². The second kappa shape index (κ2) is 5.92. The van der Waals surface area contributed by atoms with E-state index >= 15 is 0 Å². The highest BCUT2D eigenvalue weighted by Crippen LogP contribution is 2.33. The van der Waals surface area contributed by atoms with Crippen LogP contribution in [0.1, 0.15) is 11.1 Å². The molecule has 2 unspecified atom stereocenters. The zero-order valence-electron chi connectivity index (χ0n) is 13.9. The van der Waals surface area contributed by atoms with Crippen LogP contribution in [0.4, 0.5) is 5.82 Å². The van der Waals surface area contributed by atoms with Crippen LogP contribution in [-0.2, 0) is 6.54 Å². The van der Waals surface area contributed by atoms with Crippen LogP contribution in [0.15, 0.2) is 24.9 Å². The molecule has 0 saturated carbocycles. The zero-order chi connectivity index (χ0) is 15.8. The van der Waals surface area contributed by atoms with Crippen molar-refractivity contribution in [1.29, 1.82) is 0 Å². The zero-order valence-corrected chi connectivity index (χ0v) is 13.9. The third-order valence-corrected chi connectivity index (χ3v) is 5.14. The summed E-state index contributed by atoms with van der Waals surface area (Å²) < 4.78 is 2.06. The second-order valence-electron chi connectivity index (χ2n) is 6.99. The lowest BCUT2D eigenvalue weighted by Crippen LogP contribution is -2.31. The molecule has 2 aromatic heterocycles. The molecule has 0 aliphatic carbocycles. The highest BCUT2D eigenvalue weighted by Gasteiger charge is 2.40. The van der Waals surface area contributed by atoms with Crippen molar-refractivity contribution < 1.29 is 0 Å². The van der Waals surface area contributed by atoms with E-state index < -0.39 is 0 Å². The van der Waals surface area contributed by atoms with E-state index in [1.54, 1.807) is 6.33 Å². The predicted octanol–water partition coefficient (Wildman–Crippen LogP) is 1.36. The fraction of sp³-hybridized carbons (Fsp3) is 0.588. The van der Waals surface area contributed by atoms with Gasteiger partial charge in [-0.05, 0) is 31.2 Å². The fourth-order valence-corrected chi connectivity index (χ4v) is 4.00.